The standard InChI is InChI=1S/C28H25ClN2O5/c1-16-6-9-19(10-7-16)15-36-25-22(29)13-20(14-24(25)35-4)12-21-26(32)30-28(34)31(27(21)33)23-11-17(2)5-8-18(23)3/h5-14H,15H2,1-4H3,(H,30,32,34)/b21-12+. The number of nitrogens with one attached hydrogen (secondary N) is 1. The first-order valence-corrected chi connectivity index (χ1v) is 11.6. The van der Waals surface area contributed by atoms with E-state index in [9.17, 15) is 14.4 Å². The Balaban J connectivity index is 1.66. The maximum atomic E-state index is 13.3. The molecule has 8 heteroatoms. The van der Waals surface area contributed by atoms with Crippen LogP contribution in [-0.4, -0.2) is 25.0 Å². The number of ether oxygens (including phenoxy) is 2. The average Bonchev–Trinajstić information content (AvgIpc) is 2.84. The van der Waals surface area contributed by atoms with Crippen LogP contribution in [0.2, 0.25) is 5.02 Å². The number of anilines is 1. The number of aryl methyl sites for hydroxylation is 3. The molecule has 3 aromatic rings. The summed E-state index contributed by atoms with van der Waals surface area (Å²) in [7, 11) is 1.47. The number of benzene rings is 3. The number of carbonyl (C=O) groups excluding carboxylic acids is 3. The van der Waals surface area contributed by atoms with Crippen molar-refractivity contribution in [1.82, 2.24) is 5.32 Å². The Morgan fingerprint density at radius 3 is 2.33 bits per heavy atom. The number of urea groups is 1. The zero-order valence-corrected chi connectivity index (χ0v) is 21.1. The molecule has 0 aliphatic carbocycles. The molecule has 1 heterocycles. The lowest BCUT2D eigenvalue weighted by Crippen LogP contribution is -2.54. The second kappa shape index (κ2) is 10.3. The molecule has 184 valence electrons. The molecule has 0 aromatic heterocycles. The van der Waals surface area contributed by atoms with Crippen LogP contribution < -0.4 is 19.7 Å². The van der Waals surface area contributed by atoms with E-state index in [1.54, 1.807) is 25.1 Å². The fraction of sp³-hybridized carbons (Fsp3) is 0.179. The van der Waals surface area contributed by atoms with Crippen molar-refractivity contribution in [2.75, 3.05) is 12.0 Å². The van der Waals surface area contributed by atoms with Crippen molar-refractivity contribution >= 4 is 41.2 Å². The maximum Gasteiger partial charge on any atom is 0.335 e. The highest BCUT2D eigenvalue weighted by Gasteiger charge is 2.37. The van der Waals surface area contributed by atoms with Gasteiger partial charge in [-0.05, 0) is 67.3 Å². The zero-order valence-electron chi connectivity index (χ0n) is 20.3. The topological polar surface area (TPSA) is 84.9 Å². The summed E-state index contributed by atoms with van der Waals surface area (Å²) >= 11 is 6.50. The van der Waals surface area contributed by atoms with Crippen molar-refractivity contribution in [3.05, 3.63) is 93.0 Å². The summed E-state index contributed by atoms with van der Waals surface area (Å²) in [6.07, 6.45) is 1.38. The Hall–Kier alpha value is -4.10. The highest BCUT2D eigenvalue weighted by Crippen LogP contribution is 2.38. The second-order valence-electron chi connectivity index (χ2n) is 8.56. The minimum atomic E-state index is -0.800. The Morgan fingerprint density at radius 2 is 1.64 bits per heavy atom. The predicted octanol–water partition coefficient (Wildman–Crippen LogP) is 5.52. The fourth-order valence-corrected chi connectivity index (χ4v) is 4.08. The van der Waals surface area contributed by atoms with Crippen LogP contribution in [-0.2, 0) is 16.2 Å². The first-order valence-electron chi connectivity index (χ1n) is 11.2. The van der Waals surface area contributed by atoms with E-state index in [0.717, 1.165) is 27.2 Å². The highest BCUT2D eigenvalue weighted by molar-refractivity contribution is 6.39. The van der Waals surface area contributed by atoms with Crippen LogP contribution in [0.5, 0.6) is 11.5 Å². The molecule has 0 unspecified atom stereocenters. The maximum absolute atomic E-state index is 13.3. The Kier molecular flexibility index (Phi) is 7.12. The van der Waals surface area contributed by atoms with Crippen LogP contribution in [0.3, 0.4) is 0 Å². The number of halogens is 1. The monoisotopic (exact) mass is 504 g/mol. The van der Waals surface area contributed by atoms with Gasteiger partial charge >= 0.3 is 6.03 Å². The summed E-state index contributed by atoms with van der Waals surface area (Å²) in [5.41, 5.74) is 4.34. The molecule has 0 saturated carbocycles. The molecule has 0 bridgehead atoms. The third-order valence-corrected chi connectivity index (χ3v) is 6.05. The van der Waals surface area contributed by atoms with Crippen LogP contribution in [0.4, 0.5) is 10.5 Å². The molecule has 0 radical (unpaired) electrons. The van der Waals surface area contributed by atoms with Gasteiger partial charge in [0.1, 0.15) is 12.2 Å². The van der Waals surface area contributed by atoms with Gasteiger partial charge in [-0.25, -0.2) is 9.69 Å². The number of imide groups is 2. The summed E-state index contributed by atoms with van der Waals surface area (Å²) in [5.74, 6) is -0.838. The third kappa shape index (κ3) is 5.11. The predicted molar refractivity (Wildman–Crippen MR) is 138 cm³/mol. The molecular weight excluding hydrogens is 480 g/mol. The lowest BCUT2D eigenvalue weighted by Gasteiger charge is -2.27. The van der Waals surface area contributed by atoms with Crippen molar-refractivity contribution in [3.8, 4) is 11.5 Å². The van der Waals surface area contributed by atoms with Crippen molar-refractivity contribution in [2.45, 2.75) is 27.4 Å². The molecule has 3 aromatic carbocycles. The zero-order chi connectivity index (χ0) is 26.0. The molecule has 4 amide bonds. The number of hydrogen-bond acceptors (Lipinski definition) is 5. The summed E-state index contributed by atoms with van der Waals surface area (Å²) in [5, 5.41) is 2.49. The lowest BCUT2D eigenvalue weighted by atomic mass is 10.0. The van der Waals surface area contributed by atoms with Crippen LogP contribution >= 0.6 is 11.6 Å². The normalized spacial score (nSPS) is 14.8. The van der Waals surface area contributed by atoms with Gasteiger partial charge in [-0.15, -0.1) is 0 Å². The van der Waals surface area contributed by atoms with Gasteiger partial charge in [-0.2, -0.15) is 0 Å². The molecule has 1 N–H and O–H groups in total. The number of methoxy groups -OCH3 is 1. The second-order valence-corrected chi connectivity index (χ2v) is 8.96. The van der Waals surface area contributed by atoms with Crippen LogP contribution in [0.15, 0.2) is 60.2 Å². The van der Waals surface area contributed by atoms with E-state index in [1.165, 1.54) is 13.2 Å². The minimum absolute atomic E-state index is 0.207. The summed E-state index contributed by atoms with van der Waals surface area (Å²) < 4.78 is 11.4. The number of rotatable bonds is 6. The van der Waals surface area contributed by atoms with Gasteiger partial charge in [-0.3, -0.25) is 14.9 Å². The molecule has 1 fully saturated rings. The van der Waals surface area contributed by atoms with Crippen molar-refractivity contribution < 1.29 is 23.9 Å². The summed E-state index contributed by atoms with van der Waals surface area (Å²) in [6, 6.07) is 15.7. The Bertz CT molecular complexity index is 1400. The largest absolute Gasteiger partial charge is 0.493 e. The van der Waals surface area contributed by atoms with Gasteiger partial charge in [0.15, 0.2) is 11.5 Å². The Morgan fingerprint density at radius 1 is 0.944 bits per heavy atom. The molecule has 4 rings (SSSR count). The molecule has 1 aliphatic rings. The summed E-state index contributed by atoms with van der Waals surface area (Å²) in [4.78, 5) is 39.4. The van der Waals surface area contributed by atoms with E-state index in [-0.39, 0.29) is 17.2 Å². The summed E-state index contributed by atoms with van der Waals surface area (Å²) in [6.45, 7) is 5.93. The van der Waals surface area contributed by atoms with E-state index in [0.29, 0.717) is 22.7 Å². The van der Waals surface area contributed by atoms with Gasteiger partial charge < -0.3 is 9.47 Å². The molecule has 1 aliphatic heterocycles. The van der Waals surface area contributed by atoms with Gasteiger partial charge in [0, 0.05) is 0 Å². The fourth-order valence-electron chi connectivity index (χ4n) is 3.81. The third-order valence-electron chi connectivity index (χ3n) is 5.77. The molecule has 36 heavy (non-hydrogen) atoms. The first kappa shape index (κ1) is 25.0. The Labute approximate surface area is 214 Å². The van der Waals surface area contributed by atoms with Crippen molar-refractivity contribution in [3.63, 3.8) is 0 Å². The number of amides is 4. The van der Waals surface area contributed by atoms with Crippen molar-refractivity contribution in [1.29, 1.82) is 0 Å². The molecule has 7 nitrogen and oxygen atoms in total. The van der Waals surface area contributed by atoms with Crippen molar-refractivity contribution in [2.24, 2.45) is 0 Å². The SMILES string of the molecule is COc1cc(/C=C2\C(=O)NC(=O)N(c3cc(C)ccc3C)C2=O)cc(Cl)c1OCc1ccc(C)cc1. The molecular formula is C28H25ClN2O5. The smallest absolute Gasteiger partial charge is 0.335 e. The van der Waals surface area contributed by atoms with E-state index < -0.39 is 17.8 Å². The average molecular weight is 505 g/mol. The van der Waals surface area contributed by atoms with Crippen LogP contribution in [0, 0.1) is 20.8 Å². The minimum Gasteiger partial charge on any atom is -0.493 e. The number of hydrogen-bond donors (Lipinski definition) is 1. The van der Waals surface area contributed by atoms with Crippen LogP contribution in [0.25, 0.3) is 6.08 Å². The van der Waals surface area contributed by atoms with E-state index in [2.05, 4.69) is 5.32 Å². The first-order chi connectivity index (χ1) is 17.2. The number of nitrogens with zero attached hydrogens (tertiary/aromatic N) is 1. The van der Waals surface area contributed by atoms with Gasteiger partial charge in [0.05, 0.1) is 17.8 Å². The quantitative estimate of drug-likeness (QED) is 0.353. The van der Waals surface area contributed by atoms with Gasteiger partial charge in [0.2, 0.25) is 0 Å². The van der Waals surface area contributed by atoms with E-state index in [4.69, 9.17) is 21.1 Å². The number of carbonyl (C=O) groups is 3. The van der Waals surface area contributed by atoms with E-state index in [1.807, 2.05) is 50.2 Å². The highest BCUT2D eigenvalue weighted by atomic mass is 35.5. The van der Waals surface area contributed by atoms with Crippen LogP contribution in [0.1, 0.15) is 27.8 Å². The molecule has 1 saturated heterocycles. The number of barbiturate groups is 1. The molecule has 0 spiro atoms. The molecule has 0 atom stereocenters. The van der Waals surface area contributed by atoms with Gasteiger partial charge in [-0.1, -0.05) is 53.6 Å². The van der Waals surface area contributed by atoms with Gasteiger partial charge in [0.25, 0.3) is 11.8 Å². The lowest BCUT2D eigenvalue weighted by molar-refractivity contribution is -0.122. The van der Waals surface area contributed by atoms with E-state index >= 15 is 0 Å².